The number of carbonyl (C=O) groups is 2. The van der Waals surface area contributed by atoms with Crippen molar-refractivity contribution < 1.29 is 14.3 Å². The van der Waals surface area contributed by atoms with Crippen molar-refractivity contribution in [1.82, 2.24) is 0 Å². The number of halogens is 2. The minimum absolute atomic E-state index is 0.219. The highest BCUT2D eigenvalue weighted by atomic mass is 35.5. The quantitative estimate of drug-likeness (QED) is 0.681. The molecule has 0 atom stereocenters. The van der Waals surface area contributed by atoms with Gasteiger partial charge in [0.2, 0.25) is 5.91 Å². The van der Waals surface area contributed by atoms with Gasteiger partial charge in [-0.15, -0.1) is 0 Å². The molecular formula is C15H11Cl2NO3. The van der Waals surface area contributed by atoms with Crippen LogP contribution in [-0.4, -0.2) is 11.9 Å². The fraction of sp³-hybridized carbons (Fsp3) is 0.0667. The number of amides is 1. The molecule has 0 saturated carbocycles. The number of hydrogen-bond donors (Lipinski definition) is 1. The Morgan fingerprint density at radius 3 is 2.52 bits per heavy atom. The van der Waals surface area contributed by atoms with Crippen molar-refractivity contribution in [3.8, 4) is 5.75 Å². The van der Waals surface area contributed by atoms with Crippen LogP contribution in [-0.2, 0) is 4.79 Å². The lowest BCUT2D eigenvalue weighted by atomic mass is 10.2. The molecule has 0 spiro atoms. The first-order valence-corrected chi connectivity index (χ1v) is 6.76. The third-order valence-electron chi connectivity index (χ3n) is 2.52. The smallest absolute Gasteiger partial charge is 0.343 e. The van der Waals surface area contributed by atoms with Gasteiger partial charge in [0.05, 0.1) is 10.6 Å². The SMILES string of the molecule is CC(=O)Nc1cccc(C(=O)Oc2ccc(Cl)cc2Cl)c1. The molecule has 0 aliphatic rings. The van der Waals surface area contributed by atoms with Gasteiger partial charge in [-0.05, 0) is 36.4 Å². The second-order valence-corrected chi connectivity index (χ2v) is 5.07. The van der Waals surface area contributed by atoms with E-state index in [1.54, 1.807) is 24.3 Å². The van der Waals surface area contributed by atoms with E-state index in [1.807, 2.05) is 0 Å². The second kappa shape index (κ2) is 6.61. The first-order valence-electron chi connectivity index (χ1n) is 6.00. The molecule has 2 rings (SSSR count). The molecule has 0 bridgehead atoms. The van der Waals surface area contributed by atoms with Crippen LogP contribution >= 0.6 is 23.2 Å². The van der Waals surface area contributed by atoms with Gasteiger partial charge in [-0.2, -0.15) is 0 Å². The Balaban J connectivity index is 2.18. The van der Waals surface area contributed by atoms with Gasteiger partial charge in [-0.3, -0.25) is 4.79 Å². The van der Waals surface area contributed by atoms with Crippen LogP contribution in [0.1, 0.15) is 17.3 Å². The van der Waals surface area contributed by atoms with Crippen LogP contribution in [0.2, 0.25) is 10.0 Å². The summed E-state index contributed by atoms with van der Waals surface area (Å²) in [5.74, 6) is -0.580. The van der Waals surface area contributed by atoms with Crippen LogP contribution in [0.3, 0.4) is 0 Å². The Morgan fingerprint density at radius 1 is 1.10 bits per heavy atom. The molecule has 2 aromatic carbocycles. The zero-order valence-electron chi connectivity index (χ0n) is 11.0. The fourth-order valence-electron chi connectivity index (χ4n) is 1.64. The van der Waals surface area contributed by atoms with Crippen molar-refractivity contribution in [2.75, 3.05) is 5.32 Å². The van der Waals surface area contributed by atoms with Crippen molar-refractivity contribution in [1.29, 1.82) is 0 Å². The maximum atomic E-state index is 12.1. The van der Waals surface area contributed by atoms with Crippen molar-refractivity contribution in [2.24, 2.45) is 0 Å². The van der Waals surface area contributed by atoms with E-state index >= 15 is 0 Å². The molecule has 1 N–H and O–H groups in total. The van der Waals surface area contributed by atoms with Gasteiger partial charge in [0.25, 0.3) is 0 Å². The van der Waals surface area contributed by atoms with Crippen LogP contribution in [0.4, 0.5) is 5.69 Å². The standard InChI is InChI=1S/C15H11Cl2NO3/c1-9(19)18-12-4-2-3-10(7-12)15(20)21-14-6-5-11(16)8-13(14)17/h2-8H,1H3,(H,18,19). The summed E-state index contributed by atoms with van der Waals surface area (Å²) >= 11 is 11.7. The second-order valence-electron chi connectivity index (χ2n) is 4.23. The van der Waals surface area contributed by atoms with Crippen LogP contribution in [0, 0.1) is 0 Å². The summed E-state index contributed by atoms with van der Waals surface area (Å²) in [6.07, 6.45) is 0. The summed E-state index contributed by atoms with van der Waals surface area (Å²) in [4.78, 5) is 23.1. The lowest BCUT2D eigenvalue weighted by molar-refractivity contribution is -0.114. The molecule has 21 heavy (non-hydrogen) atoms. The minimum Gasteiger partial charge on any atom is -0.421 e. The van der Waals surface area contributed by atoms with Gasteiger partial charge in [-0.25, -0.2) is 4.79 Å². The molecule has 0 saturated heterocycles. The number of ether oxygens (including phenoxy) is 1. The van der Waals surface area contributed by atoms with Gasteiger partial charge in [0, 0.05) is 17.6 Å². The lowest BCUT2D eigenvalue weighted by Crippen LogP contribution is -2.11. The summed E-state index contributed by atoms with van der Waals surface area (Å²) in [6, 6.07) is 11.0. The van der Waals surface area contributed by atoms with E-state index in [9.17, 15) is 9.59 Å². The molecule has 6 heteroatoms. The average Bonchev–Trinajstić information content (AvgIpc) is 2.41. The molecule has 0 radical (unpaired) electrons. The molecule has 0 fully saturated rings. The Morgan fingerprint density at radius 2 is 1.86 bits per heavy atom. The molecule has 2 aromatic rings. The first kappa shape index (κ1) is 15.4. The van der Waals surface area contributed by atoms with Gasteiger partial charge >= 0.3 is 5.97 Å². The summed E-state index contributed by atoms with van der Waals surface area (Å²) in [6.45, 7) is 1.39. The zero-order chi connectivity index (χ0) is 15.4. The van der Waals surface area contributed by atoms with E-state index in [0.717, 1.165) is 0 Å². The first-order chi connectivity index (χ1) is 9.95. The van der Waals surface area contributed by atoms with E-state index in [-0.39, 0.29) is 16.7 Å². The summed E-state index contributed by atoms with van der Waals surface area (Å²) in [7, 11) is 0. The zero-order valence-corrected chi connectivity index (χ0v) is 12.5. The number of esters is 1. The maximum absolute atomic E-state index is 12.1. The van der Waals surface area contributed by atoms with Crippen molar-refractivity contribution in [3.05, 3.63) is 58.1 Å². The van der Waals surface area contributed by atoms with E-state index in [0.29, 0.717) is 16.3 Å². The van der Waals surface area contributed by atoms with Crippen LogP contribution < -0.4 is 10.1 Å². The number of benzene rings is 2. The third-order valence-corrected chi connectivity index (χ3v) is 3.05. The topological polar surface area (TPSA) is 55.4 Å². The predicted octanol–water partition coefficient (Wildman–Crippen LogP) is 4.17. The summed E-state index contributed by atoms with van der Waals surface area (Å²) in [5.41, 5.74) is 0.811. The van der Waals surface area contributed by atoms with E-state index < -0.39 is 5.97 Å². The van der Waals surface area contributed by atoms with Gasteiger partial charge < -0.3 is 10.1 Å². The predicted molar refractivity (Wildman–Crippen MR) is 82.2 cm³/mol. The van der Waals surface area contributed by atoms with Gasteiger partial charge in [0.15, 0.2) is 0 Å². The molecule has 0 aliphatic carbocycles. The Labute approximate surface area is 131 Å². The molecule has 1 amide bonds. The molecule has 108 valence electrons. The number of anilines is 1. The molecule has 0 aliphatic heterocycles. The number of nitrogens with one attached hydrogen (secondary N) is 1. The highest BCUT2D eigenvalue weighted by Crippen LogP contribution is 2.28. The Hall–Kier alpha value is -2.04. The van der Waals surface area contributed by atoms with Crippen molar-refractivity contribution in [3.63, 3.8) is 0 Å². The Kier molecular flexibility index (Phi) is 4.83. The molecule has 0 heterocycles. The molecular weight excluding hydrogens is 313 g/mol. The number of rotatable bonds is 3. The lowest BCUT2D eigenvalue weighted by Gasteiger charge is -2.08. The number of hydrogen-bond acceptors (Lipinski definition) is 3. The minimum atomic E-state index is -0.577. The molecule has 0 unspecified atom stereocenters. The van der Waals surface area contributed by atoms with E-state index in [4.69, 9.17) is 27.9 Å². The fourth-order valence-corrected chi connectivity index (χ4v) is 2.09. The average molecular weight is 324 g/mol. The largest absolute Gasteiger partial charge is 0.421 e. The highest BCUT2D eigenvalue weighted by molar-refractivity contribution is 6.35. The van der Waals surface area contributed by atoms with Crippen LogP contribution in [0.5, 0.6) is 5.75 Å². The van der Waals surface area contributed by atoms with Gasteiger partial charge in [-0.1, -0.05) is 29.3 Å². The summed E-state index contributed by atoms with van der Waals surface area (Å²) < 4.78 is 5.20. The summed E-state index contributed by atoms with van der Waals surface area (Å²) in [5, 5.41) is 3.29. The third kappa shape index (κ3) is 4.21. The van der Waals surface area contributed by atoms with Crippen molar-refractivity contribution in [2.45, 2.75) is 6.92 Å². The van der Waals surface area contributed by atoms with Crippen LogP contribution in [0.15, 0.2) is 42.5 Å². The highest BCUT2D eigenvalue weighted by Gasteiger charge is 2.12. The molecule has 4 nitrogen and oxygen atoms in total. The monoisotopic (exact) mass is 323 g/mol. The van der Waals surface area contributed by atoms with E-state index in [1.165, 1.54) is 25.1 Å². The van der Waals surface area contributed by atoms with Crippen LogP contribution in [0.25, 0.3) is 0 Å². The number of carbonyl (C=O) groups excluding carboxylic acids is 2. The van der Waals surface area contributed by atoms with Gasteiger partial charge in [0.1, 0.15) is 5.75 Å². The Bertz CT molecular complexity index is 701. The normalized spacial score (nSPS) is 10.0. The van der Waals surface area contributed by atoms with E-state index in [2.05, 4.69) is 5.32 Å². The molecule has 0 aromatic heterocycles. The maximum Gasteiger partial charge on any atom is 0.343 e. The van der Waals surface area contributed by atoms with Crippen molar-refractivity contribution >= 4 is 40.8 Å².